The number of hydrogen-bond acceptors (Lipinski definition) is 2. The fraction of sp³-hybridized carbons (Fsp3) is 0.588. The van der Waals surface area contributed by atoms with E-state index in [2.05, 4.69) is 24.5 Å². The smallest absolute Gasteiger partial charge is 0.251 e. The average Bonchev–Trinajstić information content (AvgIpc) is 2.41. The maximum Gasteiger partial charge on any atom is 0.251 e. The summed E-state index contributed by atoms with van der Waals surface area (Å²) in [6.45, 7) is 6.54. The lowest BCUT2D eigenvalue weighted by atomic mass is 9.80. The standard InChI is InChI=1S/C17H26N2O/c1-11-5-8-16(13(3)9-11)19-17(20)15-7-6-14(18-4)10-12(15)2/h6-7,10-11,13,16,18H,5,8-9H2,1-4H3,(H,19,20). The minimum absolute atomic E-state index is 0.0663. The molecule has 1 aromatic carbocycles. The molecule has 3 atom stereocenters. The van der Waals surface area contributed by atoms with Crippen LogP contribution in [0.15, 0.2) is 18.2 Å². The molecule has 0 bridgehead atoms. The van der Waals surface area contributed by atoms with Crippen molar-refractivity contribution in [1.82, 2.24) is 5.32 Å². The van der Waals surface area contributed by atoms with Crippen molar-refractivity contribution in [3.05, 3.63) is 29.3 Å². The van der Waals surface area contributed by atoms with Crippen LogP contribution in [0, 0.1) is 18.8 Å². The summed E-state index contributed by atoms with van der Waals surface area (Å²) in [6.07, 6.45) is 3.53. The molecule has 1 aromatic rings. The minimum atomic E-state index is 0.0663. The third-order valence-corrected chi connectivity index (χ3v) is 4.51. The van der Waals surface area contributed by atoms with Gasteiger partial charge < -0.3 is 10.6 Å². The van der Waals surface area contributed by atoms with Crippen molar-refractivity contribution in [3.8, 4) is 0 Å². The van der Waals surface area contributed by atoms with Gasteiger partial charge in [-0.05, 0) is 61.8 Å². The fourth-order valence-corrected chi connectivity index (χ4v) is 3.20. The molecule has 2 N–H and O–H groups in total. The molecule has 110 valence electrons. The van der Waals surface area contributed by atoms with Crippen LogP contribution in [-0.4, -0.2) is 19.0 Å². The normalized spacial score (nSPS) is 26.1. The van der Waals surface area contributed by atoms with Gasteiger partial charge in [-0.2, -0.15) is 0 Å². The van der Waals surface area contributed by atoms with E-state index >= 15 is 0 Å². The molecular weight excluding hydrogens is 248 g/mol. The summed E-state index contributed by atoms with van der Waals surface area (Å²) in [6, 6.07) is 6.20. The van der Waals surface area contributed by atoms with E-state index in [0.29, 0.717) is 12.0 Å². The molecule has 0 spiro atoms. The van der Waals surface area contributed by atoms with Gasteiger partial charge in [-0.25, -0.2) is 0 Å². The van der Waals surface area contributed by atoms with E-state index in [1.165, 1.54) is 12.8 Å². The summed E-state index contributed by atoms with van der Waals surface area (Å²) in [5, 5.41) is 6.32. The Hall–Kier alpha value is -1.51. The predicted octanol–water partition coefficient (Wildman–Crippen LogP) is 3.59. The maximum absolute atomic E-state index is 12.4. The van der Waals surface area contributed by atoms with Crippen molar-refractivity contribution in [3.63, 3.8) is 0 Å². The Morgan fingerprint density at radius 1 is 1.25 bits per heavy atom. The van der Waals surface area contributed by atoms with E-state index in [1.54, 1.807) is 0 Å². The number of anilines is 1. The van der Waals surface area contributed by atoms with Gasteiger partial charge in [0.2, 0.25) is 0 Å². The first-order valence-electron chi connectivity index (χ1n) is 7.60. The van der Waals surface area contributed by atoms with Gasteiger partial charge in [0.15, 0.2) is 0 Å². The van der Waals surface area contributed by atoms with Crippen molar-refractivity contribution in [2.24, 2.45) is 11.8 Å². The molecule has 2 rings (SSSR count). The van der Waals surface area contributed by atoms with Gasteiger partial charge >= 0.3 is 0 Å². The van der Waals surface area contributed by atoms with Crippen LogP contribution in [0.5, 0.6) is 0 Å². The van der Waals surface area contributed by atoms with Gasteiger partial charge in [-0.15, -0.1) is 0 Å². The highest BCUT2D eigenvalue weighted by Crippen LogP contribution is 2.29. The van der Waals surface area contributed by atoms with Crippen LogP contribution in [0.2, 0.25) is 0 Å². The Labute approximate surface area is 122 Å². The SMILES string of the molecule is CNc1ccc(C(=O)NC2CCC(C)CC2C)c(C)c1. The van der Waals surface area contributed by atoms with Crippen molar-refractivity contribution >= 4 is 11.6 Å². The first-order valence-corrected chi connectivity index (χ1v) is 7.60. The lowest BCUT2D eigenvalue weighted by molar-refractivity contribution is 0.0899. The summed E-state index contributed by atoms with van der Waals surface area (Å²) in [5.74, 6) is 1.42. The van der Waals surface area contributed by atoms with E-state index in [-0.39, 0.29) is 5.91 Å². The van der Waals surface area contributed by atoms with Gasteiger partial charge in [0.05, 0.1) is 0 Å². The molecule has 0 radical (unpaired) electrons. The van der Waals surface area contributed by atoms with Gasteiger partial charge in [0.1, 0.15) is 0 Å². The Bertz CT molecular complexity index is 484. The highest BCUT2D eigenvalue weighted by Gasteiger charge is 2.27. The van der Waals surface area contributed by atoms with E-state index in [9.17, 15) is 4.79 Å². The molecule has 1 amide bonds. The summed E-state index contributed by atoms with van der Waals surface area (Å²) in [4.78, 5) is 12.4. The molecule has 1 saturated carbocycles. The van der Waals surface area contributed by atoms with Gasteiger partial charge in [0, 0.05) is 24.3 Å². The van der Waals surface area contributed by atoms with E-state index in [1.807, 2.05) is 32.2 Å². The summed E-state index contributed by atoms with van der Waals surface area (Å²) in [7, 11) is 1.89. The molecule has 3 nitrogen and oxygen atoms in total. The van der Waals surface area contributed by atoms with Crippen LogP contribution in [0.25, 0.3) is 0 Å². The zero-order valence-corrected chi connectivity index (χ0v) is 13.0. The second-order valence-corrected chi connectivity index (χ2v) is 6.26. The molecule has 0 aromatic heterocycles. The third-order valence-electron chi connectivity index (χ3n) is 4.51. The van der Waals surface area contributed by atoms with Crippen molar-refractivity contribution < 1.29 is 4.79 Å². The quantitative estimate of drug-likeness (QED) is 0.884. The molecule has 0 heterocycles. The zero-order valence-electron chi connectivity index (χ0n) is 13.0. The van der Waals surface area contributed by atoms with Gasteiger partial charge in [-0.1, -0.05) is 13.8 Å². The Morgan fingerprint density at radius 3 is 2.60 bits per heavy atom. The van der Waals surface area contributed by atoms with Crippen molar-refractivity contribution in [2.75, 3.05) is 12.4 Å². The monoisotopic (exact) mass is 274 g/mol. The topological polar surface area (TPSA) is 41.1 Å². The Morgan fingerprint density at radius 2 is 2.00 bits per heavy atom. The fourth-order valence-electron chi connectivity index (χ4n) is 3.20. The number of amides is 1. The van der Waals surface area contributed by atoms with Gasteiger partial charge in [0.25, 0.3) is 5.91 Å². The molecule has 3 heteroatoms. The molecular formula is C17H26N2O. The second kappa shape index (κ2) is 6.29. The first-order chi connectivity index (χ1) is 9.51. The minimum Gasteiger partial charge on any atom is -0.388 e. The van der Waals surface area contributed by atoms with E-state index in [0.717, 1.165) is 29.2 Å². The zero-order chi connectivity index (χ0) is 14.7. The Kier molecular flexibility index (Phi) is 4.69. The van der Waals surface area contributed by atoms with Crippen molar-refractivity contribution in [1.29, 1.82) is 0 Å². The molecule has 1 aliphatic carbocycles. The van der Waals surface area contributed by atoms with Crippen LogP contribution >= 0.6 is 0 Å². The number of carbonyl (C=O) groups excluding carboxylic acids is 1. The van der Waals surface area contributed by atoms with E-state index in [4.69, 9.17) is 0 Å². The second-order valence-electron chi connectivity index (χ2n) is 6.26. The first kappa shape index (κ1) is 14.9. The van der Waals surface area contributed by atoms with Gasteiger partial charge in [-0.3, -0.25) is 4.79 Å². The molecule has 1 fully saturated rings. The molecule has 0 aliphatic heterocycles. The molecule has 20 heavy (non-hydrogen) atoms. The summed E-state index contributed by atoms with van der Waals surface area (Å²) < 4.78 is 0. The van der Waals surface area contributed by atoms with Crippen LogP contribution in [0.1, 0.15) is 49.0 Å². The number of aryl methyl sites for hydroxylation is 1. The number of benzene rings is 1. The largest absolute Gasteiger partial charge is 0.388 e. The van der Waals surface area contributed by atoms with Crippen LogP contribution in [0.4, 0.5) is 5.69 Å². The number of rotatable bonds is 3. The lowest BCUT2D eigenvalue weighted by Gasteiger charge is -2.33. The highest BCUT2D eigenvalue weighted by molar-refractivity contribution is 5.96. The molecule has 3 unspecified atom stereocenters. The lowest BCUT2D eigenvalue weighted by Crippen LogP contribution is -2.42. The predicted molar refractivity (Wildman–Crippen MR) is 84.2 cm³/mol. The van der Waals surface area contributed by atoms with Crippen molar-refractivity contribution in [2.45, 2.75) is 46.1 Å². The summed E-state index contributed by atoms with van der Waals surface area (Å²) in [5.41, 5.74) is 2.85. The van der Waals surface area contributed by atoms with Crippen LogP contribution < -0.4 is 10.6 Å². The maximum atomic E-state index is 12.4. The third kappa shape index (κ3) is 3.33. The number of hydrogen-bond donors (Lipinski definition) is 2. The van der Waals surface area contributed by atoms with Crippen LogP contribution in [0.3, 0.4) is 0 Å². The Balaban J connectivity index is 2.05. The average molecular weight is 274 g/mol. The van der Waals surface area contributed by atoms with E-state index < -0.39 is 0 Å². The highest BCUT2D eigenvalue weighted by atomic mass is 16.1. The summed E-state index contributed by atoms with van der Waals surface area (Å²) >= 11 is 0. The van der Waals surface area contributed by atoms with Crippen LogP contribution in [-0.2, 0) is 0 Å². The number of nitrogens with one attached hydrogen (secondary N) is 2. The number of carbonyl (C=O) groups is 1. The molecule has 0 saturated heterocycles. The molecule has 1 aliphatic rings.